The molecule has 1 aromatic carbocycles. The Morgan fingerprint density at radius 2 is 1.77 bits per heavy atom. The van der Waals surface area contributed by atoms with Crippen molar-refractivity contribution in [1.29, 1.82) is 0 Å². The highest BCUT2D eigenvalue weighted by atomic mass is 32.2. The summed E-state index contributed by atoms with van der Waals surface area (Å²) in [7, 11) is -4.47. The number of alkyl halides is 3. The summed E-state index contributed by atoms with van der Waals surface area (Å²) >= 11 is 0. The molecule has 0 radical (unpaired) electrons. The van der Waals surface area contributed by atoms with E-state index in [1.165, 1.54) is 7.11 Å². The minimum Gasteiger partial charge on any atom is -0.497 e. The maximum atomic E-state index is 12.4. The first-order valence-electron chi connectivity index (χ1n) is 7.02. The van der Waals surface area contributed by atoms with Gasteiger partial charge in [-0.2, -0.15) is 21.6 Å². The fourth-order valence-corrected chi connectivity index (χ4v) is 2.78. The highest BCUT2D eigenvalue weighted by molar-refractivity contribution is 7.87. The molecular formula is C15H18F3NO6S. The summed E-state index contributed by atoms with van der Waals surface area (Å²) < 4.78 is 68.3. The third-order valence-corrected chi connectivity index (χ3v) is 4.54. The van der Waals surface area contributed by atoms with Crippen LogP contribution in [-0.4, -0.2) is 43.9 Å². The fourth-order valence-electron chi connectivity index (χ4n) is 2.19. The molecule has 1 unspecified atom stereocenters. The van der Waals surface area contributed by atoms with Crippen LogP contribution in [0.4, 0.5) is 13.2 Å². The van der Waals surface area contributed by atoms with Gasteiger partial charge in [0.2, 0.25) is 5.91 Å². The Hall–Kier alpha value is -2.14. The highest BCUT2D eigenvalue weighted by Gasteiger charge is 2.50. The van der Waals surface area contributed by atoms with Crippen LogP contribution in [0, 0.1) is 0 Å². The van der Waals surface area contributed by atoms with Crippen LogP contribution in [-0.2, 0) is 30.4 Å². The number of ether oxygens (including phenoxy) is 1. The SMILES string of the molecule is C.COc1ccc(CN2C(=O)CCC(OS(=O)(=O)C(F)(F)F)C2=O)cc1. The molecular weight excluding hydrogens is 379 g/mol. The predicted molar refractivity (Wildman–Crippen MR) is 84.4 cm³/mol. The van der Waals surface area contributed by atoms with Crippen molar-refractivity contribution in [1.82, 2.24) is 4.90 Å². The number of imide groups is 1. The summed E-state index contributed by atoms with van der Waals surface area (Å²) in [4.78, 5) is 24.8. The van der Waals surface area contributed by atoms with Gasteiger partial charge in [-0.25, -0.2) is 4.18 Å². The van der Waals surface area contributed by atoms with Crippen molar-refractivity contribution >= 4 is 21.9 Å². The third kappa shape index (κ3) is 4.73. The number of hydrogen-bond acceptors (Lipinski definition) is 6. The number of rotatable bonds is 5. The van der Waals surface area contributed by atoms with Gasteiger partial charge in [0.25, 0.3) is 5.91 Å². The molecule has 1 aromatic rings. The molecule has 0 aromatic heterocycles. The van der Waals surface area contributed by atoms with E-state index in [1.807, 2.05) is 0 Å². The summed E-state index contributed by atoms with van der Waals surface area (Å²) in [6.45, 7) is -0.215. The third-order valence-electron chi connectivity index (χ3n) is 3.49. The van der Waals surface area contributed by atoms with Gasteiger partial charge in [-0.1, -0.05) is 19.6 Å². The van der Waals surface area contributed by atoms with E-state index < -0.39 is 40.0 Å². The Morgan fingerprint density at radius 1 is 1.19 bits per heavy atom. The lowest BCUT2D eigenvalue weighted by molar-refractivity contribution is -0.155. The highest BCUT2D eigenvalue weighted by Crippen LogP contribution is 2.29. The molecule has 1 aliphatic heterocycles. The normalized spacial score (nSPS) is 18.5. The molecule has 1 saturated heterocycles. The summed E-state index contributed by atoms with van der Waals surface area (Å²) in [6.07, 6.45) is -2.63. The second-order valence-corrected chi connectivity index (χ2v) is 6.75. The first-order chi connectivity index (χ1) is 11.5. The number of benzene rings is 1. The van der Waals surface area contributed by atoms with E-state index in [1.54, 1.807) is 24.3 Å². The number of nitrogens with zero attached hydrogens (tertiary/aromatic N) is 1. The molecule has 0 bridgehead atoms. The van der Waals surface area contributed by atoms with Crippen LogP contribution in [0.15, 0.2) is 24.3 Å². The summed E-state index contributed by atoms with van der Waals surface area (Å²) in [5, 5.41) is 0. The van der Waals surface area contributed by atoms with Crippen molar-refractivity contribution in [3.8, 4) is 5.75 Å². The average molecular weight is 397 g/mol. The Labute approximate surface area is 148 Å². The molecule has 2 rings (SSSR count). The fraction of sp³-hybridized carbons (Fsp3) is 0.467. The molecule has 1 atom stereocenters. The lowest BCUT2D eigenvalue weighted by Gasteiger charge is -2.30. The molecule has 0 saturated carbocycles. The van der Waals surface area contributed by atoms with E-state index in [9.17, 15) is 31.2 Å². The number of methoxy groups -OCH3 is 1. The Balaban J connectivity index is 0.00000338. The monoisotopic (exact) mass is 397 g/mol. The van der Waals surface area contributed by atoms with E-state index in [4.69, 9.17) is 4.74 Å². The first-order valence-corrected chi connectivity index (χ1v) is 8.42. The van der Waals surface area contributed by atoms with Crippen LogP contribution >= 0.6 is 0 Å². The largest absolute Gasteiger partial charge is 0.523 e. The van der Waals surface area contributed by atoms with Gasteiger partial charge in [-0.3, -0.25) is 14.5 Å². The van der Waals surface area contributed by atoms with Crippen LogP contribution in [0.3, 0.4) is 0 Å². The van der Waals surface area contributed by atoms with Gasteiger partial charge in [0.1, 0.15) is 5.75 Å². The Kier molecular flexibility index (Phi) is 6.77. The van der Waals surface area contributed by atoms with E-state index in [-0.39, 0.29) is 20.4 Å². The van der Waals surface area contributed by atoms with Crippen LogP contribution in [0.2, 0.25) is 0 Å². The zero-order valence-electron chi connectivity index (χ0n) is 12.9. The maximum Gasteiger partial charge on any atom is 0.523 e. The summed E-state index contributed by atoms with van der Waals surface area (Å²) in [5.74, 6) is -1.21. The summed E-state index contributed by atoms with van der Waals surface area (Å²) in [5.41, 5.74) is -5.13. The van der Waals surface area contributed by atoms with Gasteiger partial charge >= 0.3 is 15.6 Å². The zero-order valence-corrected chi connectivity index (χ0v) is 13.8. The first kappa shape index (κ1) is 21.9. The van der Waals surface area contributed by atoms with Gasteiger partial charge in [0.15, 0.2) is 6.10 Å². The number of halogens is 3. The topological polar surface area (TPSA) is 90.0 Å². The summed E-state index contributed by atoms with van der Waals surface area (Å²) in [6, 6.07) is 6.29. The molecule has 0 aliphatic carbocycles. The van der Waals surface area contributed by atoms with Gasteiger partial charge in [-0.05, 0) is 24.1 Å². The molecule has 11 heteroatoms. The van der Waals surface area contributed by atoms with Crippen molar-refractivity contribution in [3.63, 3.8) is 0 Å². The second-order valence-electron chi connectivity index (χ2n) is 5.19. The van der Waals surface area contributed by atoms with Gasteiger partial charge < -0.3 is 4.74 Å². The Morgan fingerprint density at radius 3 is 2.27 bits per heavy atom. The molecule has 7 nitrogen and oxygen atoms in total. The number of piperidine rings is 1. The zero-order chi connectivity index (χ0) is 18.8. The van der Waals surface area contributed by atoms with Gasteiger partial charge in [0.05, 0.1) is 13.7 Å². The maximum absolute atomic E-state index is 12.4. The number of carbonyl (C=O) groups excluding carboxylic acids is 2. The minimum absolute atomic E-state index is 0. The van der Waals surface area contributed by atoms with Crippen LogP contribution in [0.25, 0.3) is 0 Å². The molecule has 1 heterocycles. The standard InChI is InChI=1S/C14H14F3NO6S.CH4/c1-23-10-4-2-9(3-5-10)8-18-12(19)7-6-11(13(18)20)24-25(21,22)14(15,16)17;/h2-5,11H,6-8H2,1H3;1H4. The molecule has 0 spiro atoms. The van der Waals surface area contributed by atoms with Crippen LogP contribution in [0.1, 0.15) is 25.8 Å². The van der Waals surface area contributed by atoms with Crippen molar-refractivity contribution < 1.29 is 40.1 Å². The second kappa shape index (κ2) is 8.04. The quantitative estimate of drug-likeness (QED) is 0.430. The number of carbonyl (C=O) groups is 2. The van der Waals surface area contributed by atoms with E-state index in [0.717, 1.165) is 0 Å². The van der Waals surface area contributed by atoms with Crippen LogP contribution in [0.5, 0.6) is 5.75 Å². The molecule has 146 valence electrons. The smallest absolute Gasteiger partial charge is 0.497 e. The number of amides is 2. The van der Waals surface area contributed by atoms with Gasteiger partial charge in [0, 0.05) is 6.42 Å². The predicted octanol–water partition coefficient (Wildman–Crippen LogP) is 2.22. The lowest BCUT2D eigenvalue weighted by Crippen LogP contribution is -2.49. The molecule has 1 aliphatic rings. The number of hydrogen-bond donors (Lipinski definition) is 0. The molecule has 1 fully saturated rings. The Bertz CT molecular complexity index is 761. The van der Waals surface area contributed by atoms with Crippen molar-refractivity contribution in [2.45, 2.75) is 38.4 Å². The number of likely N-dealkylation sites (tertiary alicyclic amines) is 1. The van der Waals surface area contributed by atoms with E-state index >= 15 is 0 Å². The lowest BCUT2D eigenvalue weighted by atomic mass is 10.1. The van der Waals surface area contributed by atoms with Crippen molar-refractivity contribution in [2.24, 2.45) is 0 Å². The average Bonchev–Trinajstić information content (AvgIpc) is 2.53. The van der Waals surface area contributed by atoms with Crippen molar-refractivity contribution in [2.75, 3.05) is 7.11 Å². The van der Waals surface area contributed by atoms with Gasteiger partial charge in [-0.15, -0.1) is 0 Å². The van der Waals surface area contributed by atoms with E-state index in [2.05, 4.69) is 4.18 Å². The minimum atomic E-state index is -5.93. The van der Waals surface area contributed by atoms with E-state index in [0.29, 0.717) is 16.2 Å². The molecule has 2 amide bonds. The van der Waals surface area contributed by atoms with Crippen molar-refractivity contribution in [3.05, 3.63) is 29.8 Å². The molecule has 0 N–H and O–H groups in total. The van der Waals surface area contributed by atoms with Crippen LogP contribution < -0.4 is 4.74 Å². The molecule has 26 heavy (non-hydrogen) atoms.